The Morgan fingerprint density at radius 2 is 1.59 bits per heavy atom. The van der Waals surface area contributed by atoms with Gasteiger partial charge in [-0.05, 0) is 48.2 Å². The Balaban J connectivity index is 1.23. The maximum Gasteiger partial charge on any atom is 0.323 e. The molecule has 7 heteroatoms. The van der Waals surface area contributed by atoms with Crippen LogP contribution in [0.1, 0.15) is 11.8 Å². The van der Waals surface area contributed by atoms with Crippen molar-refractivity contribution in [3.8, 4) is 11.4 Å². The van der Waals surface area contributed by atoms with E-state index in [1.807, 2.05) is 54.6 Å². The number of hydrogen-bond acceptors (Lipinski definition) is 5. The molecule has 2 aromatic carbocycles. The van der Waals surface area contributed by atoms with E-state index in [1.54, 1.807) is 0 Å². The standard InChI is InChI=1S/C20H18N4O3/c25-20(21-13-4-2-1-3-5-13)22-14-8-6-12(7-9-14)18-23-19(27-24-18)17-15-10-26-11-16(15)17/h1-9,15-17H,10-11H2,(H2,21,22,25)/t15-,16+,17?. The Labute approximate surface area is 155 Å². The van der Waals surface area contributed by atoms with Crippen LogP contribution < -0.4 is 10.6 Å². The van der Waals surface area contributed by atoms with Gasteiger partial charge in [0.1, 0.15) is 0 Å². The molecule has 7 nitrogen and oxygen atoms in total. The summed E-state index contributed by atoms with van der Waals surface area (Å²) in [5.41, 5.74) is 2.27. The van der Waals surface area contributed by atoms with E-state index >= 15 is 0 Å². The molecule has 1 aromatic heterocycles. The van der Waals surface area contributed by atoms with Gasteiger partial charge in [-0.15, -0.1) is 0 Å². The summed E-state index contributed by atoms with van der Waals surface area (Å²) in [7, 11) is 0. The van der Waals surface area contributed by atoms with Crippen molar-refractivity contribution in [2.45, 2.75) is 5.92 Å². The number of para-hydroxylation sites is 1. The highest BCUT2D eigenvalue weighted by molar-refractivity contribution is 5.99. The van der Waals surface area contributed by atoms with Crippen molar-refractivity contribution in [3.63, 3.8) is 0 Å². The van der Waals surface area contributed by atoms with E-state index < -0.39 is 0 Å². The number of rotatable bonds is 4. The summed E-state index contributed by atoms with van der Waals surface area (Å²) in [6.45, 7) is 1.58. The lowest BCUT2D eigenvalue weighted by atomic mass is 10.2. The number of hydrogen-bond donors (Lipinski definition) is 2. The summed E-state index contributed by atoms with van der Waals surface area (Å²) >= 11 is 0. The lowest BCUT2D eigenvalue weighted by Gasteiger charge is -2.07. The molecule has 0 bridgehead atoms. The number of ether oxygens (including phenoxy) is 1. The first-order valence-corrected chi connectivity index (χ1v) is 8.93. The third-order valence-electron chi connectivity index (χ3n) is 5.11. The van der Waals surface area contributed by atoms with E-state index in [4.69, 9.17) is 9.26 Å². The third-order valence-corrected chi connectivity index (χ3v) is 5.11. The van der Waals surface area contributed by atoms with Crippen LogP contribution in [-0.4, -0.2) is 29.4 Å². The molecule has 27 heavy (non-hydrogen) atoms. The second-order valence-corrected chi connectivity index (χ2v) is 6.87. The molecule has 3 aromatic rings. The molecule has 2 amide bonds. The Kier molecular flexibility index (Phi) is 3.86. The van der Waals surface area contributed by atoms with Gasteiger partial charge >= 0.3 is 6.03 Å². The molecular weight excluding hydrogens is 344 g/mol. The number of nitrogens with one attached hydrogen (secondary N) is 2. The van der Waals surface area contributed by atoms with E-state index in [1.165, 1.54) is 0 Å². The molecule has 2 N–H and O–H groups in total. The van der Waals surface area contributed by atoms with Crippen LogP contribution in [-0.2, 0) is 4.74 Å². The average Bonchev–Trinajstić information content (AvgIpc) is 3.07. The lowest BCUT2D eigenvalue weighted by molar-refractivity contribution is 0.155. The number of carbonyl (C=O) groups excluding carboxylic acids is 1. The normalized spacial score (nSPS) is 22.9. The van der Waals surface area contributed by atoms with Gasteiger partial charge < -0.3 is 19.9 Å². The van der Waals surface area contributed by atoms with Crippen molar-refractivity contribution in [2.75, 3.05) is 23.8 Å². The lowest BCUT2D eigenvalue weighted by Crippen LogP contribution is -2.19. The molecule has 1 saturated carbocycles. The summed E-state index contributed by atoms with van der Waals surface area (Å²) in [6.07, 6.45) is 0. The van der Waals surface area contributed by atoms with Gasteiger partial charge in [0.05, 0.1) is 13.2 Å². The Hall–Kier alpha value is -3.19. The van der Waals surface area contributed by atoms with Crippen molar-refractivity contribution in [3.05, 3.63) is 60.5 Å². The van der Waals surface area contributed by atoms with Gasteiger partial charge in [-0.25, -0.2) is 4.79 Å². The second kappa shape index (κ2) is 6.51. The zero-order valence-corrected chi connectivity index (χ0v) is 14.5. The smallest absolute Gasteiger partial charge is 0.323 e. The Morgan fingerprint density at radius 1 is 0.926 bits per heavy atom. The molecule has 1 aliphatic carbocycles. The van der Waals surface area contributed by atoms with Crippen LogP contribution >= 0.6 is 0 Å². The SMILES string of the molecule is O=C(Nc1ccccc1)Nc1ccc(-c2noc(C3[C@H]4COC[C@@H]34)n2)cc1. The molecular formula is C20H18N4O3. The maximum atomic E-state index is 12.0. The van der Waals surface area contributed by atoms with Crippen LogP contribution in [0.2, 0.25) is 0 Å². The average molecular weight is 362 g/mol. The van der Waals surface area contributed by atoms with Crippen LogP contribution in [0.25, 0.3) is 11.4 Å². The first-order chi connectivity index (χ1) is 13.3. The first-order valence-electron chi connectivity index (χ1n) is 8.93. The number of fused-ring (bicyclic) bond motifs is 1. The Bertz CT molecular complexity index is 945. The van der Waals surface area contributed by atoms with Gasteiger partial charge in [-0.1, -0.05) is 23.4 Å². The number of nitrogens with zero attached hydrogens (tertiary/aromatic N) is 2. The van der Waals surface area contributed by atoms with Crippen LogP contribution in [0, 0.1) is 11.8 Å². The number of aromatic nitrogens is 2. The maximum absolute atomic E-state index is 12.0. The minimum atomic E-state index is -0.293. The van der Waals surface area contributed by atoms with E-state index in [0.717, 1.165) is 24.5 Å². The van der Waals surface area contributed by atoms with Gasteiger partial charge in [0.15, 0.2) is 0 Å². The van der Waals surface area contributed by atoms with Crippen molar-refractivity contribution < 1.29 is 14.1 Å². The van der Waals surface area contributed by atoms with Gasteiger partial charge in [0.2, 0.25) is 11.7 Å². The van der Waals surface area contributed by atoms with Crippen LogP contribution in [0.3, 0.4) is 0 Å². The number of anilines is 2. The summed E-state index contributed by atoms with van der Waals surface area (Å²) in [4.78, 5) is 16.6. The highest BCUT2D eigenvalue weighted by Gasteiger charge is 2.57. The minimum Gasteiger partial charge on any atom is -0.381 e. The van der Waals surface area contributed by atoms with E-state index in [2.05, 4.69) is 20.8 Å². The molecule has 1 aliphatic heterocycles. The number of amides is 2. The molecule has 136 valence electrons. The molecule has 1 saturated heterocycles. The van der Waals surface area contributed by atoms with E-state index in [-0.39, 0.29) is 6.03 Å². The Morgan fingerprint density at radius 3 is 2.30 bits per heavy atom. The zero-order valence-electron chi connectivity index (χ0n) is 14.5. The van der Waals surface area contributed by atoms with Gasteiger partial charge in [-0.3, -0.25) is 0 Å². The van der Waals surface area contributed by atoms with Crippen molar-refractivity contribution >= 4 is 17.4 Å². The minimum absolute atomic E-state index is 0.293. The summed E-state index contributed by atoms with van der Waals surface area (Å²) < 4.78 is 10.8. The largest absolute Gasteiger partial charge is 0.381 e. The second-order valence-electron chi connectivity index (χ2n) is 6.87. The van der Waals surface area contributed by atoms with Crippen molar-refractivity contribution in [1.82, 2.24) is 10.1 Å². The fourth-order valence-electron chi connectivity index (χ4n) is 3.61. The van der Waals surface area contributed by atoms with Crippen LogP contribution in [0.5, 0.6) is 0 Å². The van der Waals surface area contributed by atoms with Gasteiger partial charge in [0, 0.05) is 22.9 Å². The molecule has 5 rings (SSSR count). The number of urea groups is 1. The first kappa shape index (κ1) is 16.0. The highest BCUT2D eigenvalue weighted by Crippen LogP contribution is 2.57. The van der Waals surface area contributed by atoms with E-state index in [0.29, 0.717) is 35.2 Å². The van der Waals surface area contributed by atoms with E-state index in [9.17, 15) is 4.79 Å². The summed E-state index contributed by atoms with van der Waals surface area (Å²) in [5, 5.41) is 9.67. The summed E-state index contributed by atoms with van der Waals surface area (Å²) in [6, 6.07) is 16.4. The van der Waals surface area contributed by atoms with Crippen LogP contribution in [0.15, 0.2) is 59.1 Å². The molecule has 3 atom stereocenters. The predicted octanol–water partition coefficient (Wildman–Crippen LogP) is 3.74. The molecule has 2 aliphatic rings. The third kappa shape index (κ3) is 3.17. The number of benzene rings is 2. The van der Waals surface area contributed by atoms with Gasteiger partial charge in [0.25, 0.3) is 0 Å². The van der Waals surface area contributed by atoms with Crippen molar-refractivity contribution in [1.29, 1.82) is 0 Å². The highest BCUT2D eigenvalue weighted by atomic mass is 16.5. The molecule has 1 unspecified atom stereocenters. The molecule has 0 spiro atoms. The quantitative estimate of drug-likeness (QED) is 0.738. The van der Waals surface area contributed by atoms with Gasteiger partial charge in [-0.2, -0.15) is 4.98 Å². The molecule has 0 radical (unpaired) electrons. The summed E-state index contributed by atoms with van der Waals surface area (Å²) in [5.74, 6) is 2.69. The molecule has 2 fully saturated rings. The fourth-order valence-corrected chi connectivity index (χ4v) is 3.61. The molecule has 2 heterocycles. The monoisotopic (exact) mass is 362 g/mol. The topological polar surface area (TPSA) is 89.3 Å². The van der Waals surface area contributed by atoms with Crippen LogP contribution in [0.4, 0.5) is 16.2 Å². The zero-order chi connectivity index (χ0) is 18.2. The predicted molar refractivity (Wildman–Crippen MR) is 99.4 cm³/mol. The van der Waals surface area contributed by atoms with Crippen molar-refractivity contribution in [2.24, 2.45) is 11.8 Å². The number of carbonyl (C=O) groups is 1. The fraction of sp³-hybridized carbons (Fsp3) is 0.250.